The summed E-state index contributed by atoms with van der Waals surface area (Å²) < 4.78 is 25.6. The Labute approximate surface area is 147 Å². The minimum atomic E-state index is -3.50. The number of benzene rings is 2. The molecule has 5 nitrogen and oxygen atoms in total. The molecule has 1 N–H and O–H groups in total. The lowest BCUT2D eigenvalue weighted by molar-refractivity contribution is 0.0956. The molecule has 0 aromatic heterocycles. The van der Waals surface area contributed by atoms with Gasteiger partial charge in [-0.3, -0.25) is 9.10 Å². The number of halogens is 1. The Morgan fingerprint density at radius 1 is 1.12 bits per heavy atom. The number of nitrogens with zero attached hydrogens (tertiary/aromatic N) is 1. The van der Waals surface area contributed by atoms with Crippen molar-refractivity contribution < 1.29 is 13.2 Å². The van der Waals surface area contributed by atoms with E-state index in [1.807, 2.05) is 6.92 Å². The molecule has 0 bridgehead atoms. The van der Waals surface area contributed by atoms with Crippen LogP contribution >= 0.6 is 11.6 Å². The van der Waals surface area contributed by atoms with Gasteiger partial charge in [0.15, 0.2) is 0 Å². The molecule has 128 valence electrons. The van der Waals surface area contributed by atoms with E-state index in [1.54, 1.807) is 48.5 Å². The summed E-state index contributed by atoms with van der Waals surface area (Å²) in [6.45, 7) is 2.49. The first-order valence-electron chi connectivity index (χ1n) is 7.42. The molecule has 24 heavy (non-hydrogen) atoms. The van der Waals surface area contributed by atoms with Gasteiger partial charge in [0.25, 0.3) is 5.91 Å². The lowest BCUT2D eigenvalue weighted by atomic mass is 10.1. The molecule has 0 aliphatic rings. The summed E-state index contributed by atoms with van der Waals surface area (Å²) in [5.41, 5.74) is 1.66. The fourth-order valence-corrected chi connectivity index (χ4v) is 3.30. The quantitative estimate of drug-likeness (QED) is 0.854. The molecule has 0 aliphatic carbocycles. The van der Waals surface area contributed by atoms with Gasteiger partial charge in [-0.1, -0.05) is 29.8 Å². The van der Waals surface area contributed by atoms with E-state index in [-0.39, 0.29) is 12.5 Å². The Balaban J connectivity index is 2.32. The minimum Gasteiger partial charge on any atom is -0.352 e. The van der Waals surface area contributed by atoms with Crippen molar-refractivity contribution in [3.8, 4) is 0 Å². The number of sulfonamides is 1. The summed E-state index contributed by atoms with van der Waals surface area (Å²) in [6, 6.07) is 13.5. The van der Waals surface area contributed by atoms with Crippen LogP contribution in [0.4, 0.5) is 5.69 Å². The summed E-state index contributed by atoms with van der Waals surface area (Å²) in [7, 11) is -3.50. The summed E-state index contributed by atoms with van der Waals surface area (Å²) in [5.74, 6) is -0.193. The topological polar surface area (TPSA) is 66.5 Å². The van der Waals surface area contributed by atoms with Gasteiger partial charge in [-0.15, -0.1) is 0 Å². The molecule has 0 unspecified atom stereocenters. The van der Waals surface area contributed by atoms with Crippen molar-refractivity contribution in [3.63, 3.8) is 0 Å². The smallest absolute Gasteiger partial charge is 0.251 e. The van der Waals surface area contributed by atoms with Crippen LogP contribution in [-0.4, -0.2) is 27.1 Å². The number of anilines is 1. The van der Waals surface area contributed by atoms with Crippen LogP contribution in [0.2, 0.25) is 5.02 Å². The van der Waals surface area contributed by atoms with Gasteiger partial charge in [0.05, 0.1) is 18.5 Å². The van der Waals surface area contributed by atoms with Crippen LogP contribution in [0.25, 0.3) is 0 Å². The van der Waals surface area contributed by atoms with Crippen molar-refractivity contribution in [1.82, 2.24) is 5.32 Å². The first-order chi connectivity index (χ1) is 11.3. The number of rotatable bonds is 6. The van der Waals surface area contributed by atoms with Crippen LogP contribution < -0.4 is 9.62 Å². The predicted molar refractivity (Wildman–Crippen MR) is 96.9 cm³/mol. The fraction of sp³-hybridized carbons (Fsp3) is 0.235. The maximum atomic E-state index is 12.2. The van der Waals surface area contributed by atoms with Gasteiger partial charge in [0.1, 0.15) is 0 Å². The first-order valence-corrected chi connectivity index (χ1v) is 9.65. The van der Waals surface area contributed by atoms with Gasteiger partial charge in [0.2, 0.25) is 10.0 Å². The zero-order valence-corrected chi connectivity index (χ0v) is 15.1. The van der Waals surface area contributed by atoms with Gasteiger partial charge in [-0.2, -0.15) is 0 Å². The average molecular weight is 367 g/mol. The summed E-state index contributed by atoms with van der Waals surface area (Å²) in [6.07, 6.45) is 1.14. The summed E-state index contributed by atoms with van der Waals surface area (Å²) in [5, 5.41) is 3.20. The number of carbonyl (C=O) groups is 1. The molecular weight excluding hydrogens is 348 g/mol. The molecule has 0 atom stereocenters. The lowest BCUT2D eigenvalue weighted by Crippen LogP contribution is -2.29. The third-order valence-electron chi connectivity index (χ3n) is 3.43. The van der Waals surface area contributed by atoms with Crippen LogP contribution in [0.5, 0.6) is 0 Å². The van der Waals surface area contributed by atoms with Crippen molar-refractivity contribution in [1.29, 1.82) is 0 Å². The van der Waals surface area contributed by atoms with Gasteiger partial charge in [-0.25, -0.2) is 8.42 Å². The third-order valence-corrected chi connectivity index (χ3v) is 4.94. The second kappa shape index (κ2) is 7.68. The summed E-state index contributed by atoms with van der Waals surface area (Å²) >= 11 is 6.13. The molecule has 0 saturated carbocycles. The van der Waals surface area contributed by atoms with E-state index in [4.69, 9.17) is 11.6 Å². The molecule has 1 amide bonds. The molecule has 2 aromatic carbocycles. The number of hydrogen-bond donors (Lipinski definition) is 1. The maximum absolute atomic E-state index is 12.2. The van der Waals surface area contributed by atoms with Gasteiger partial charge in [-0.05, 0) is 42.8 Å². The van der Waals surface area contributed by atoms with Crippen molar-refractivity contribution in [2.24, 2.45) is 0 Å². The van der Waals surface area contributed by atoms with Crippen LogP contribution in [0, 0.1) is 0 Å². The van der Waals surface area contributed by atoms with Crippen molar-refractivity contribution in [2.75, 3.05) is 17.1 Å². The van der Waals surface area contributed by atoms with Crippen molar-refractivity contribution in [3.05, 3.63) is 64.7 Å². The fourth-order valence-electron chi connectivity index (χ4n) is 2.22. The highest BCUT2D eigenvalue weighted by molar-refractivity contribution is 7.92. The molecule has 0 aliphatic heterocycles. The van der Waals surface area contributed by atoms with Gasteiger partial charge in [0, 0.05) is 17.1 Å². The van der Waals surface area contributed by atoms with E-state index in [0.29, 0.717) is 28.4 Å². The van der Waals surface area contributed by atoms with Gasteiger partial charge < -0.3 is 5.32 Å². The average Bonchev–Trinajstić information content (AvgIpc) is 2.53. The Morgan fingerprint density at radius 2 is 1.75 bits per heavy atom. The number of nitrogens with one attached hydrogen (secondary N) is 1. The summed E-state index contributed by atoms with van der Waals surface area (Å²) in [4.78, 5) is 11.8. The van der Waals surface area contributed by atoms with E-state index < -0.39 is 10.0 Å². The largest absolute Gasteiger partial charge is 0.352 e. The molecule has 2 rings (SSSR count). The number of amides is 1. The Hall–Kier alpha value is -2.05. The predicted octanol–water partition coefficient (Wildman–Crippen LogP) is 3.06. The second-order valence-electron chi connectivity index (χ2n) is 5.27. The Morgan fingerprint density at radius 3 is 2.29 bits per heavy atom. The monoisotopic (exact) mass is 366 g/mol. The second-order valence-corrected chi connectivity index (χ2v) is 7.58. The molecular formula is C17H19ClN2O3S. The number of carbonyl (C=O) groups excluding carboxylic acids is 1. The van der Waals surface area contributed by atoms with Crippen LogP contribution in [0.15, 0.2) is 48.5 Å². The molecule has 7 heteroatoms. The van der Waals surface area contributed by atoms with E-state index in [2.05, 4.69) is 5.32 Å². The van der Waals surface area contributed by atoms with Crippen molar-refractivity contribution >= 4 is 33.2 Å². The standard InChI is InChI=1S/C17H19ClN2O3S/c1-3-19-17(21)13-8-10-15(11-9-13)20(24(2,22)23)12-14-6-4-5-7-16(14)18/h4-11H,3,12H2,1-2H3,(H,19,21). The van der Waals surface area contributed by atoms with E-state index in [1.165, 1.54) is 4.31 Å². The lowest BCUT2D eigenvalue weighted by Gasteiger charge is -2.23. The molecule has 2 aromatic rings. The maximum Gasteiger partial charge on any atom is 0.251 e. The zero-order chi connectivity index (χ0) is 17.7. The van der Waals surface area contributed by atoms with E-state index >= 15 is 0 Å². The highest BCUT2D eigenvalue weighted by Gasteiger charge is 2.19. The zero-order valence-electron chi connectivity index (χ0n) is 13.5. The molecule has 0 heterocycles. The van der Waals surface area contributed by atoms with Crippen molar-refractivity contribution in [2.45, 2.75) is 13.5 Å². The molecule has 0 spiro atoms. The SMILES string of the molecule is CCNC(=O)c1ccc(N(Cc2ccccc2Cl)S(C)(=O)=O)cc1. The third kappa shape index (κ3) is 4.49. The Kier molecular flexibility index (Phi) is 5.85. The minimum absolute atomic E-state index is 0.124. The highest BCUT2D eigenvalue weighted by atomic mass is 35.5. The van der Waals surface area contributed by atoms with E-state index in [0.717, 1.165) is 6.26 Å². The van der Waals surface area contributed by atoms with Crippen LogP contribution in [0.3, 0.4) is 0 Å². The molecule has 0 radical (unpaired) electrons. The number of hydrogen-bond acceptors (Lipinski definition) is 3. The highest BCUT2D eigenvalue weighted by Crippen LogP contribution is 2.24. The molecule has 0 saturated heterocycles. The normalized spacial score (nSPS) is 11.1. The Bertz CT molecular complexity index is 820. The first kappa shape index (κ1) is 18.3. The van der Waals surface area contributed by atoms with Crippen LogP contribution in [0.1, 0.15) is 22.8 Å². The van der Waals surface area contributed by atoms with Crippen LogP contribution in [-0.2, 0) is 16.6 Å². The molecule has 0 fully saturated rings. The van der Waals surface area contributed by atoms with Gasteiger partial charge >= 0.3 is 0 Å². The van der Waals surface area contributed by atoms with E-state index in [9.17, 15) is 13.2 Å².